The molecule has 1 aromatic heterocycles. The van der Waals surface area contributed by atoms with Gasteiger partial charge in [0.15, 0.2) is 0 Å². The summed E-state index contributed by atoms with van der Waals surface area (Å²) in [5, 5.41) is 6.10. The number of benzene rings is 3. The molecule has 178 valence electrons. The summed E-state index contributed by atoms with van der Waals surface area (Å²) < 4.78 is 7.26. The highest BCUT2D eigenvalue weighted by Gasteiger charge is 2.21. The zero-order chi connectivity index (χ0) is 25.1. The van der Waals surface area contributed by atoms with Crippen LogP contribution in [0, 0.1) is 13.8 Å². The lowest BCUT2D eigenvalue weighted by Crippen LogP contribution is -2.36. The van der Waals surface area contributed by atoms with Gasteiger partial charge in [-0.25, -0.2) is 4.68 Å². The number of fused-ring (bicyclic) bond motifs is 1. The van der Waals surface area contributed by atoms with E-state index in [1.54, 1.807) is 42.5 Å². The van der Waals surface area contributed by atoms with E-state index in [1.807, 2.05) is 38.1 Å². The fraction of sp³-hybridized carbons (Fsp3) is 0.115. The maximum absolute atomic E-state index is 13.2. The van der Waals surface area contributed by atoms with Crippen molar-refractivity contribution in [3.05, 3.63) is 88.0 Å². The van der Waals surface area contributed by atoms with E-state index >= 15 is 0 Å². The molecule has 0 aliphatic rings. The standard InChI is InChI=1S/C26H23BrN4O4/c1-15-7-9-20(11-16(15)2)28-24(32)23-13-17-12-18(27)8-10-22(17)31(23)30-26(34)25(33)29-19-5-4-6-21(14-19)35-3/h4-14H,1-3H3,(H,28,32)(H,29,33)(H,30,34). The number of hydrogen-bond acceptors (Lipinski definition) is 4. The summed E-state index contributed by atoms with van der Waals surface area (Å²) in [4.78, 5) is 38.6. The van der Waals surface area contributed by atoms with Crippen molar-refractivity contribution in [2.45, 2.75) is 13.8 Å². The second kappa shape index (κ2) is 10.0. The number of aryl methyl sites for hydroxylation is 2. The number of ether oxygens (including phenoxy) is 1. The first-order valence-corrected chi connectivity index (χ1v) is 11.5. The second-order valence-corrected chi connectivity index (χ2v) is 8.86. The second-order valence-electron chi connectivity index (χ2n) is 7.95. The Morgan fingerprint density at radius 3 is 2.34 bits per heavy atom. The SMILES string of the molecule is COc1cccc(NC(=O)C(=O)Nn2c(C(=O)Nc3ccc(C)c(C)c3)cc3cc(Br)ccc32)c1. The first-order valence-electron chi connectivity index (χ1n) is 10.7. The molecule has 1 heterocycles. The molecule has 0 atom stereocenters. The molecule has 0 unspecified atom stereocenters. The quantitative estimate of drug-likeness (QED) is 0.314. The minimum Gasteiger partial charge on any atom is -0.497 e. The lowest BCUT2D eigenvalue weighted by Gasteiger charge is -2.13. The number of anilines is 2. The first-order chi connectivity index (χ1) is 16.7. The molecule has 0 radical (unpaired) electrons. The fourth-order valence-corrected chi connectivity index (χ4v) is 3.91. The molecule has 0 saturated carbocycles. The highest BCUT2D eigenvalue weighted by molar-refractivity contribution is 9.10. The lowest BCUT2D eigenvalue weighted by atomic mass is 10.1. The average Bonchev–Trinajstić information content (AvgIpc) is 3.18. The maximum Gasteiger partial charge on any atom is 0.328 e. The summed E-state index contributed by atoms with van der Waals surface area (Å²) in [5.41, 5.74) is 6.44. The molecule has 0 spiro atoms. The minimum absolute atomic E-state index is 0.166. The van der Waals surface area contributed by atoms with Crippen LogP contribution in [0.3, 0.4) is 0 Å². The van der Waals surface area contributed by atoms with Gasteiger partial charge in [0.05, 0.1) is 12.6 Å². The number of hydrogen-bond donors (Lipinski definition) is 3. The van der Waals surface area contributed by atoms with Crippen LogP contribution in [0.25, 0.3) is 10.9 Å². The third-order valence-electron chi connectivity index (χ3n) is 5.51. The molecule has 4 rings (SSSR count). The predicted octanol–water partition coefficient (Wildman–Crippen LogP) is 4.99. The third kappa shape index (κ3) is 5.36. The topological polar surface area (TPSA) is 101 Å². The van der Waals surface area contributed by atoms with E-state index in [-0.39, 0.29) is 5.69 Å². The molecule has 4 aromatic rings. The van der Waals surface area contributed by atoms with Crippen LogP contribution in [0.5, 0.6) is 5.75 Å². The molecule has 0 fully saturated rings. The van der Waals surface area contributed by atoms with Crippen molar-refractivity contribution in [2.24, 2.45) is 0 Å². The number of halogens is 1. The largest absolute Gasteiger partial charge is 0.497 e. The van der Waals surface area contributed by atoms with E-state index in [9.17, 15) is 14.4 Å². The van der Waals surface area contributed by atoms with Crippen LogP contribution in [0.15, 0.2) is 71.2 Å². The van der Waals surface area contributed by atoms with Gasteiger partial charge >= 0.3 is 11.8 Å². The van der Waals surface area contributed by atoms with Crippen molar-refractivity contribution in [3.8, 4) is 5.75 Å². The van der Waals surface area contributed by atoms with Crippen molar-refractivity contribution in [2.75, 3.05) is 23.2 Å². The van der Waals surface area contributed by atoms with Crippen molar-refractivity contribution < 1.29 is 19.1 Å². The number of amides is 3. The van der Waals surface area contributed by atoms with Crippen LogP contribution in [0.4, 0.5) is 11.4 Å². The summed E-state index contributed by atoms with van der Waals surface area (Å²) in [6.07, 6.45) is 0. The molecule has 8 nitrogen and oxygen atoms in total. The van der Waals surface area contributed by atoms with Gasteiger partial charge in [-0.1, -0.05) is 28.1 Å². The summed E-state index contributed by atoms with van der Waals surface area (Å²) in [6, 6.07) is 19.2. The molecule has 0 bridgehead atoms. The van der Waals surface area contributed by atoms with Gasteiger partial charge in [-0.3, -0.25) is 19.8 Å². The number of methoxy groups -OCH3 is 1. The van der Waals surface area contributed by atoms with Gasteiger partial charge in [-0.15, -0.1) is 0 Å². The van der Waals surface area contributed by atoms with Gasteiger partial charge in [0, 0.05) is 27.3 Å². The Labute approximate surface area is 210 Å². The first kappa shape index (κ1) is 24.0. The van der Waals surface area contributed by atoms with Crippen molar-refractivity contribution in [3.63, 3.8) is 0 Å². The number of nitrogens with zero attached hydrogens (tertiary/aromatic N) is 1. The predicted molar refractivity (Wildman–Crippen MR) is 139 cm³/mol. The molecule has 9 heteroatoms. The van der Waals surface area contributed by atoms with Crippen LogP contribution < -0.4 is 20.8 Å². The van der Waals surface area contributed by atoms with E-state index in [2.05, 4.69) is 32.0 Å². The Morgan fingerprint density at radius 1 is 0.829 bits per heavy atom. The van der Waals surface area contributed by atoms with E-state index < -0.39 is 17.7 Å². The molecular weight excluding hydrogens is 512 g/mol. The summed E-state index contributed by atoms with van der Waals surface area (Å²) in [6.45, 7) is 3.95. The van der Waals surface area contributed by atoms with Crippen LogP contribution in [0.2, 0.25) is 0 Å². The fourth-order valence-electron chi connectivity index (χ4n) is 3.53. The summed E-state index contributed by atoms with van der Waals surface area (Å²) in [7, 11) is 1.51. The Bertz CT molecular complexity index is 1460. The van der Waals surface area contributed by atoms with Gasteiger partial charge in [-0.2, -0.15) is 0 Å². The molecule has 3 amide bonds. The molecule has 0 aliphatic carbocycles. The van der Waals surface area contributed by atoms with Crippen LogP contribution in [-0.4, -0.2) is 29.5 Å². The highest BCUT2D eigenvalue weighted by Crippen LogP contribution is 2.24. The Morgan fingerprint density at radius 2 is 1.60 bits per heavy atom. The smallest absolute Gasteiger partial charge is 0.328 e. The number of nitrogens with one attached hydrogen (secondary N) is 3. The number of carbonyl (C=O) groups is 3. The van der Waals surface area contributed by atoms with E-state index in [0.717, 1.165) is 15.6 Å². The van der Waals surface area contributed by atoms with Gasteiger partial charge in [0.25, 0.3) is 5.91 Å². The van der Waals surface area contributed by atoms with Crippen molar-refractivity contribution in [1.29, 1.82) is 0 Å². The van der Waals surface area contributed by atoms with Gasteiger partial charge < -0.3 is 15.4 Å². The van der Waals surface area contributed by atoms with Gasteiger partial charge in [0.2, 0.25) is 0 Å². The Kier molecular flexibility index (Phi) is 6.88. The van der Waals surface area contributed by atoms with Gasteiger partial charge in [-0.05, 0) is 73.5 Å². The lowest BCUT2D eigenvalue weighted by molar-refractivity contribution is -0.133. The maximum atomic E-state index is 13.2. The summed E-state index contributed by atoms with van der Waals surface area (Å²) >= 11 is 3.42. The third-order valence-corrected chi connectivity index (χ3v) is 6.00. The zero-order valence-corrected chi connectivity index (χ0v) is 20.9. The molecule has 0 aliphatic heterocycles. The van der Waals surface area contributed by atoms with E-state index in [1.165, 1.54) is 11.8 Å². The van der Waals surface area contributed by atoms with Crippen LogP contribution in [0.1, 0.15) is 21.6 Å². The molecule has 3 aromatic carbocycles. The number of rotatable bonds is 5. The Balaban J connectivity index is 1.62. The zero-order valence-electron chi connectivity index (χ0n) is 19.3. The van der Waals surface area contributed by atoms with Crippen molar-refractivity contribution in [1.82, 2.24) is 4.68 Å². The normalized spacial score (nSPS) is 10.6. The van der Waals surface area contributed by atoms with E-state index in [4.69, 9.17) is 4.74 Å². The Hall–Kier alpha value is -4.11. The number of aromatic nitrogens is 1. The monoisotopic (exact) mass is 534 g/mol. The molecular formula is C26H23BrN4O4. The van der Waals surface area contributed by atoms with Gasteiger partial charge in [0.1, 0.15) is 11.4 Å². The molecule has 3 N–H and O–H groups in total. The minimum atomic E-state index is -0.937. The van der Waals surface area contributed by atoms with Crippen molar-refractivity contribution >= 4 is 55.9 Å². The average molecular weight is 535 g/mol. The molecule has 0 saturated heterocycles. The highest BCUT2D eigenvalue weighted by atomic mass is 79.9. The molecule has 35 heavy (non-hydrogen) atoms. The number of carbonyl (C=O) groups excluding carboxylic acids is 3. The van der Waals surface area contributed by atoms with E-state index in [0.29, 0.717) is 28.0 Å². The summed E-state index contributed by atoms with van der Waals surface area (Å²) in [5.74, 6) is -1.73. The van der Waals surface area contributed by atoms with Crippen LogP contribution >= 0.6 is 15.9 Å². The van der Waals surface area contributed by atoms with Crippen LogP contribution in [-0.2, 0) is 9.59 Å².